The molecule has 0 saturated carbocycles. The Hall–Kier alpha value is -1.43. The number of thiazole rings is 1. The fraction of sp³-hybridized carbons (Fsp3) is 0.474. The maximum atomic E-state index is 12.9. The lowest BCUT2D eigenvalue weighted by Gasteiger charge is -2.19. The number of carbonyl (C=O) groups excluding carboxylic acids is 1. The summed E-state index contributed by atoms with van der Waals surface area (Å²) in [6, 6.07) is 8.21. The molecular formula is C19H24ClN3OS. The van der Waals surface area contributed by atoms with E-state index >= 15 is 0 Å². The van der Waals surface area contributed by atoms with Crippen molar-refractivity contribution in [3.05, 3.63) is 40.9 Å². The molecule has 2 atom stereocenters. The van der Waals surface area contributed by atoms with Gasteiger partial charge in [0.1, 0.15) is 10.7 Å². The third kappa shape index (κ3) is 3.73. The number of amides is 1. The SMILES string of the molecule is Cc1ccccc1-c1nc(C(=O)N2CC[C@@H]3CNC[C@@H]3CC2)cs1.Cl. The van der Waals surface area contributed by atoms with E-state index in [9.17, 15) is 4.79 Å². The Balaban J connectivity index is 0.00000182. The molecule has 0 bridgehead atoms. The van der Waals surface area contributed by atoms with Crippen LogP contribution in [0.4, 0.5) is 0 Å². The lowest BCUT2D eigenvalue weighted by atomic mass is 9.92. The zero-order valence-corrected chi connectivity index (χ0v) is 16.0. The fourth-order valence-electron chi connectivity index (χ4n) is 3.89. The Morgan fingerprint density at radius 3 is 2.56 bits per heavy atom. The van der Waals surface area contributed by atoms with Crippen LogP contribution in [-0.2, 0) is 0 Å². The van der Waals surface area contributed by atoms with Crippen LogP contribution in [0.5, 0.6) is 0 Å². The van der Waals surface area contributed by atoms with Crippen LogP contribution < -0.4 is 5.32 Å². The van der Waals surface area contributed by atoms with Gasteiger partial charge in [-0.1, -0.05) is 24.3 Å². The summed E-state index contributed by atoms with van der Waals surface area (Å²) in [4.78, 5) is 19.5. The third-order valence-electron chi connectivity index (χ3n) is 5.41. The van der Waals surface area contributed by atoms with Gasteiger partial charge in [-0.2, -0.15) is 0 Å². The van der Waals surface area contributed by atoms with Gasteiger partial charge in [-0.3, -0.25) is 4.79 Å². The molecule has 4 rings (SSSR count). The Kier molecular flexibility index (Phi) is 5.77. The highest BCUT2D eigenvalue weighted by molar-refractivity contribution is 7.13. The van der Waals surface area contributed by atoms with Crippen molar-refractivity contribution in [1.82, 2.24) is 15.2 Å². The predicted octanol–water partition coefficient (Wildman–Crippen LogP) is 3.61. The predicted molar refractivity (Wildman–Crippen MR) is 105 cm³/mol. The van der Waals surface area contributed by atoms with Crippen LogP contribution in [0.1, 0.15) is 28.9 Å². The molecule has 6 heteroatoms. The summed E-state index contributed by atoms with van der Waals surface area (Å²) in [7, 11) is 0. The van der Waals surface area contributed by atoms with E-state index in [4.69, 9.17) is 0 Å². The lowest BCUT2D eigenvalue weighted by molar-refractivity contribution is 0.0753. The van der Waals surface area contributed by atoms with E-state index in [1.54, 1.807) is 11.3 Å². The number of likely N-dealkylation sites (tertiary alicyclic amines) is 1. The van der Waals surface area contributed by atoms with Gasteiger partial charge in [0.2, 0.25) is 0 Å². The van der Waals surface area contributed by atoms with E-state index in [1.807, 2.05) is 22.4 Å². The molecule has 0 aliphatic carbocycles. The molecule has 25 heavy (non-hydrogen) atoms. The zero-order chi connectivity index (χ0) is 16.5. The highest BCUT2D eigenvalue weighted by Crippen LogP contribution is 2.29. The molecule has 1 aromatic carbocycles. The standard InChI is InChI=1S/C19H23N3OS.ClH/c1-13-4-2-3-5-16(13)18-21-17(12-24-18)19(23)22-8-6-14-10-20-11-15(14)7-9-22;/h2-5,12,14-15,20H,6-11H2,1H3;1H/t14-,15+;. The van der Waals surface area contributed by atoms with Gasteiger partial charge in [0.25, 0.3) is 5.91 Å². The van der Waals surface area contributed by atoms with Crippen LogP contribution in [0.2, 0.25) is 0 Å². The average Bonchev–Trinajstić information content (AvgIpc) is 3.21. The van der Waals surface area contributed by atoms with E-state index in [-0.39, 0.29) is 18.3 Å². The number of benzene rings is 1. The average molecular weight is 378 g/mol. The van der Waals surface area contributed by atoms with Crippen LogP contribution in [0, 0.1) is 18.8 Å². The van der Waals surface area contributed by atoms with Crippen LogP contribution in [0.15, 0.2) is 29.6 Å². The maximum Gasteiger partial charge on any atom is 0.273 e. The Morgan fingerprint density at radius 2 is 1.88 bits per heavy atom. The molecular weight excluding hydrogens is 354 g/mol. The Labute approximate surface area is 159 Å². The molecule has 4 nitrogen and oxygen atoms in total. The topological polar surface area (TPSA) is 45.2 Å². The van der Waals surface area contributed by atoms with Gasteiger partial charge in [-0.05, 0) is 50.3 Å². The number of nitrogens with one attached hydrogen (secondary N) is 1. The van der Waals surface area contributed by atoms with E-state index in [2.05, 4.69) is 29.4 Å². The number of hydrogen-bond acceptors (Lipinski definition) is 4. The van der Waals surface area contributed by atoms with E-state index in [1.165, 1.54) is 5.56 Å². The second-order valence-corrected chi connectivity index (χ2v) is 7.76. The largest absolute Gasteiger partial charge is 0.337 e. The third-order valence-corrected chi connectivity index (χ3v) is 6.28. The Morgan fingerprint density at radius 1 is 1.20 bits per heavy atom. The molecule has 2 aliphatic heterocycles. The number of carbonyl (C=O) groups is 1. The molecule has 0 unspecified atom stereocenters. The molecule has 1 aromatic heterocycles. The van der Waals surface area contributed by atoms with E-state index < -0.39 is 0 Å². The van der Waals surface area contributed by atoms with Crippen LogP contribution in [-0.4, -0.2) is 42.0 Å². The number of aryl methyl sites for hydroxylation is 1. The van der Waals surface area contributed by atoms with Crippen LogP contribution in [0.3, 0.4) is 0 Å². The number of hydrogen-bond donors (Lipinski definition) is 1. The quantitative estimate of drug-likeness (QED) is 0.869. The summed E-state index contributed by atoms with van der Waals surface area (Å²) < 4.78 is 0. The molecule has 0 radical (unpaired) electrons. The first-order valence-corrected chi connectivity index (χ1v) is 9.62. The van der Waals surface area contributed by atoms with Crippen LogP contribution in [0.25, 0.3) is 10.6 Å². The minimum absolute atomic E-state index is 0. The van der Waals surface area contributed by atoms with Crippen molar-refractivity contribution < 1.29 is 4.79 Å². The molecule has 0 spiro atoms. The van der Waals surface area contributed by atoms with Crippen molar-refractivity contribution in [3.63, 3.8) is 0 Å². The van der Waals surface area contributed by atoms with Gasteiger partial charge in [0, 0.05) is 24.0 Å². The summed E-state index contributed by atoms with van der Waals surface area (Å²) >= 11 is 1.56. The molecule has 2 aromatic rings. The second kappa shape index (κ2) is 7.85. The number of aromatic nitrogens is 1. The van der Waals surface area contributed by atoms with Crippen molar-refractivity contribution in [3.8, 4) is 10.6 Å². The molecule has 1 amide bonds. The number of rotatable bonds is 2. The van der Waals surface area contributed by atoms with Crippen molar-refractivity contribution in [2.75, 3.05) is 26.2 Å². The van der Waals surface area contributed by atoms with Gasteiger partial charge in [-0.15, -0.1) is 23.7 Å². The molecule has 2 saturated heterocycles. The van der Waals surface area contributed by atoms with Gasteiger partial charge in [-0.25, -0.2) is 4.98 Å². The van der Waals surface area contributed by atoms with Crippen molar-refractivity contribution in [2.45, 2.75) is 19.8 Å². The minimum Gasteiger partial charge on any atom is -0.337 e. The smallest absolute Gasteiger partial charge is 0.273 e. The van der Waals surface area contributed by atoms with Gasteiger partial charge < -0.3 is 10.2 Å². The fourth-order valence-corrected chi connectivity index (χ4v) is 4.78. The molecule has 134 valence electrons. The van der Waals surface area contributed by atoms with Crippen molar-refractivity contribution in [1.29, 1.82) is 0 Å². The summed E-state index contributed by atoms with van der Waals surface area (Å²) in [5, 5.41) is 6.33. The van der Waals surface area contributed by atoms with Crippen molar-refractivity contribution in [2.24, 2.45) is 11.8 Å². The first-order chi connectivity index (χ1) is 11.7. The first-order valence-electron chi connectivity index (χ1n) is 8.74. The molecule has 2 aliphatic rings. The Bertz CT molecular complexity index is 734. The van der Waals surface area contributed by atoms with Gasteiger partial charge in [0.15, 0.2) is 0 Å². The summed E-state index contributed by atoms with van der Waals surface area (Å²) in [6.45, 7) is 6.03. The molecule has 3 heterocycles. The highest BCUT2D eigenvalue weighted by Gasteiger charge is 2.32. The van der Waals surface area contributed by atoms with Gasteiger partial charge >= 0.3 is 0 Å². The van der Waals surface area contributed by atoms with Crippen LogP contribution >= 0.6 is 23.7 Å². The summed E-state index contributed by atoms with van der Waals surface area (Å²) in [5.74, 6) is 1.57. The first kappa shape index (κ1) is 18.4. The van der Waals surface area contributed by atoms with E-state index in [0.717, 1.165) is 61.4 Å². The van der Waals surface area contributed by atoms with Crippen molar-refractivity contribution >= 4 is 29.7 Å². The number of halogens is 1. The zero-order valence-electron chi connectivity index (χ0n) is 14.4. The maximum absolute atomic E-state index is 12.9. The highest BCUT2D eigenvalue weighted by atomic mass is 35.5. The summed E-state index contributed by atoms with van der Waals surface area (Å²) in [5.41, 5.74) is 2.92. The second-order valence-electron chi connectivity index (χ2n) is 6.90. The molecule has 1 N–H and O–H groups in total. The number of fused-ring (bicyclic) bond motifs is 1. The van der Waals surface area contributed by atoms with Gasteiger partial charge in [0.05, 0.1) is 0 Å². The monoisotopic (exact) mass is 377 g/mol. The normalized spacial score (nSPS) is 22.8. The number of nitrogens with zero attached hydrogens (tertiary/aromatic N) is 2. The molecule has 2 fully saturated rings. The summed E-state index contributed by atoms with van der Waals surface area (Å²) in [6.07, 6.45) is 2.22. The van der Waals surface area contributed by atoms with E-state index in [0.29, 0.717) is 5.69 Å². The lowest BCUT2D eigenvalue weighted by Crippen LogP contribution is -2.33. The minimum atomic E-state index is 0.